The van der Waals surface area contributed by atoms with Crippen molar-refractivity contribution in [3.63, 3.8) is 0 Å². The fourth-order valence-electron chi connectivity index (χ4n) is 3.26. The van der Waals surface area contributed by atoms with Gasteiger partial charge in [-0.1, -0.05) is 48.0 Å². The van der Waals surface area contributed by atoms with E-state index in [0.29, 0.717) is 13.1 Å². The Labute approximate surface area is 161 Å². The summed E-state index contributed by atoms with van der Waals surface area (Å²) in [6.07, 6.45) is 0.0551. The van der Waals surface area contributed by atoms with Gasteiger partial charge in [0.25, 0.3) is 0 Å². The van der Waals surface area contributed by atoms with E-state index in [1.54, 1.807) is 4.90 Å². The number of carbonyl (C=O) groups is 1. The Kier molecular flexibility index (Phi) is 6.16. The molecule has 144 valence electrons. The van der Waals surface area contributed by atoms with E-state index in [-0.39, 0.29) is 23.8 Å². The zero-order valence-electron chi connectivity index (χ0n) is 15.7. The van der Waals surface area contributed by atoms with Crippen LogP contribution in [-0.2, 0) is 20.4 Å². The van der Waals surface area contributed by atoms with E-state index < -0.39 is 9.84 Å². The molecule has 3 rings (SSSR count). The molecule has 0 atom stereocenters. The van der Waals surface area contributed by atoms with E-state index in [1.807, 2.05) is 49.4 Å². The molecule has 0 radical (unpaired) electrons. The average Bonchev–Trinajstić information content (AvgIpc) is 2.69. The number of amides is 1. The van der Waals surface area contributed by atoms with Gasteiger partial charge in [-0.2, -0.15) is 0 Å². The van der Waals surface area contributed by atoms with E-state index in [1.165, 1.54) is 0 Å². The predicted octanol–water partition coefficient (Wildman–Crippen LogP) is 2.65. The predicted molar refractivity (Wildman–Crippen MR) is 109 cm³/mol. The third-order valence-corrected chi connectivity index (χ3v) is 6.49. The molecular formula is C21H26N2O3S. The quantitative estimate of drug-likeness (QED) is 0.766. The lowest BCUT2D eigenvalue weighted by molar-refractivity contribution is -0.131. The smallest absolute Gasteiger partial charge is 0.223 e. The lowest BCUT2D eigenvalue weighted by atomic mass is 10.2. The van der Waals surface area contributed by atoms with Crippen molar-refractivity contribution >= 4 is 21.4 Å². The highest BCUT2D eigenvalue weighted by molar-refractivity contribution is 7.90. The third kappa shape index (κ3) is 5.57. The van der Waals surface area contributed by atoms with Gasteiger partial charge in [0.15, 0.2) is 9.84 Å². The molecule has 5 nitrogen and oxygen atoms in total. The summed E-state index contributed by atoms with van der Waals surface area (Å²) in [7, 11) is -3.29. The Morgan fingerprint density at radius 1 is 0.926 bits per heavy atom. The summed E-state index contributed by atoms with van der Waals surface area (Å²) in [5.41, 5.74) is 3.02. The highest BCUT2D eigenvalue weighted by Gasteiger charge is 2.23. The first-order valence-corrected chi connectivity index (χ1v) is 11.1. The Morgan fingerprint density at radius 2 is 1.56 bits per heavy atom. The van der Waals surface area contributed by atoms with E-state index in [9.17, 15) is 13.2 Å². The number of hydrogen-bond donors (Lipinski definition) is 0. The van der Waals surface area contributed by atoms with Gasteiger partial charge in [0.2, 0.25) is 5.91 Å². The minimum absolute atomic E-state index is 0.0116. The molecule has 1 fully saturated rings. The summed E-state index contributed by atoms with van der Waals surface area (Å²) in [6.45, 7) is 4.77. The number of carbonyl (C=O) groups excluding carboxylic acids is 1. The van der Waals surface area contributed by atoms with Gasteiger partial charge in [0, 0.05) is 38.3 Å². The van der Waals surface area contributed by atoms with Crippen molar-refractivity contribution in [1.29, 1.82) is 0 Å². The molecule has 1 heterocycles. The first-order valence-electron chi connectivity index (χ1n) is 9.27. The molecule has 0 aliphatic carbocycles. The maximum atomic E-state index is 12.4. The molecule has 1 saturated heterocycles. The van der Waals surface area contributed by atoms with Crippen molar-refractivity contribution in [3.05, 3.63) is 65.7 Å². The molecule has 6 heteroatoms. The van der Waals surface area contributed by atoms with Crippen LogP contribution >= 0.6 is 0 Å². The number of para-hydroxylation sites is 1. The van der Waals surface area contributed by atoms with Crippen LogP contribution < -0.4 is 4.90 Å². The number of nitrogens with zero attached hydrogens (tertiary/aromatic N) is 2. The zero-order valence-corrected chi connectivity index (χ0v) is 16.5. The number of sulfone groups is 1. The molecule has 0 unspecified atom stereocenters. The number of benzene rings is 2. The van der Waals surface area contributed by atoms with Crippen LogP contribution in [0.3, 0.4) is 0 Å². The monoisotopic (exact) mass is 386 g/mol. The summed E-state index contributed by atoms with van der Waals surface area (Å²) in [5, 5.41) is 0. The normalized spacial score (nSPS) is 15.0. The van der Waals surface area contributed by atoms with Gasteiger partial charge in [-0.05, 0) is 24.6 Å². The summed E-state index contributed by atoms with van der Waals surface area (Å²) < 4.78 is 24.7. The summed E-state index contributed by atoms with van der Waals surface area (Å²) in [6, 6.07) is 17.6. The number of anilines is 1. The van der Waals surface area contributed by atoms with Crippen LogP contribution in [0.15, 0.2) is 54.6 Å². The van der Waals surface area contributed by atoms with Gasteiger partial charge in [-0.3, -0.25) is 4.79 Å². The molecule has 27 heavy (non-hydrogen) atoms. The molecule has 2 aromatic rings. The molecular weight excluding hydrogens is 360 g/mol. The Balaban J connectivity index is 1.47. The lowest BCUT2D eigenvalue weighted by Gasteiger charge is -2.36. The highest BCUT2D eigenvalue weighted by atomic mass is 32.2. The van der Waals surface area contributed by atoms with Crippen LogP contribution in [0.1, 0.15) is 17.5 Å². The Bertz CT molecular complexity index is 856. The van der Waals surface area contributed by atoms with Gasteiger partial charge in [0.1, 0.15) is 0 Å². The second kappa shape index (κ2) is 8.57. The van der Waals surface area contributed by atoms with E-state index >= 15 is 0 Å². The van der Waals surface area contributed by atoms with Crippen LogP contribution in [0.4, 0.5) is 5.69 Å². The summed E-state index contributed by atoms with van der Waals surface area (Å²) >= 11 is 0. The SMILES string of the molecule is Cc1ccc(CS(=O)(=O)CCC(=O)N2CCN(c3ccccc3)CC2)cc1. The van der Waals surface area contributed by atoms with Gasteiger partial charge in [-0.15, -0.1) is 0 Å². The number of piperazine rings is 1. The summed E-state index contributed by atoms with van der Waals surface area (Å²) in [5.74, 6) is -0.184. The molecule has 1 aliphatic heterocycles. The average molecular weight is 387 g/mol. The minimum Gasteiger partial charge on any atom is -0.368 e. The van der Waals surface area contributed by atoms with Crippen molar-refractivity contribution in [2.24, 2.45) is 0 Å². The van der Waals surface area contributed by atoms with Crippen LogP contribution in [0.2, 0.25) is 0 Å². The maximum absolute atomic E-state index is 12.4. The first kappa shape index (κ1) is 19.4. The van der Waals surface area contributed by atoms with E-state index in [4.69, 9.17) is 0 Å². The third-order valence-electron chi connectivity index (χ3n) is 4.89. The van der Waals surface area contributed by atoms with Gasteiger partial charge >= 0.3 is 0 Å². The zero-order chi connectivity index (χ0) is 19.3. The highest BCUT2D eigenvalue weighted by Crippen LogP contribution is 2.16. The van der Waals surface area contributed by atoms with Crippen molar-refractivity contribution < 1.29 is 13.2 Å². The van der Waals surface area contributed by atoms with Crippen molar-refractivity contribution in [1.82, 2.24) is 4.90 Å². The van der Waals surface area contributed by atoms with Gasteiger partial charge < -0.3 is 9.80 Å². The second-order valence-electron chi connectivity index (χ2n) is 7.03. The maximum Gasteiger partial charge on any atom is 0.223 e. The first-order chi connectivity index (χ1) is 12.9. The molecule has 0 spiro atoms. The molecule has 1 amide bonds. The van der Waals surface area contributed by atoms with Gasteiger partial charge in [0.05, 0.1) is 11.5 Å². The number of hydrogen-bond acceptors (Lipinski definition) is 4. The molecule has 0 bridgehead atoms. The molecule has 2 aromatic carbocycles. The topological polar surface area (TPSA) is 57.7 Å². The molecule has 0 N–H and O–H groups in total. The molecule has 0 saturated carbocycles. The standard InChI is InChI=1S/C21H26N2O3S/c1-18-7-9-19(10-8-18)17-27(25,26)16-11-21(24)23-14-12-22(13-15-23)20-5-3-2-4-6-20/h2-10H,11-17H2,1H3. The van der Waals surface area contributed by atoms with Crippen molar-refractivity contribution in [3.8, 4) is 0 Å². The molecule has 0 aromatic heterocycles. The summed E-state index contributed by atoms with van der Waals surface area (Å²) in [4.78, 5) is 16.5. The second-order valence-corrected chi connectivity index (χ2v) is 9.22. The lowest BCUT2D eigenvalue weighted by Crippen LogP contribution is -2.49. The fraction of sp³-hybridized carbons (Fsp3) is 0.381. The van der Waals surface area contributed by atoms with E-state index in [0.717, 1.165) is 29.9 Å². The van der Waals surface area contributed by atoms with Gasteiger partial charge in [-0.25, -0.2) is 8.42 Å². The minimum atomic E-state index is -3.29. The van der Waals surface area contributed by atoms with Crippen molar-refractivity contribution in [2.75, 3.05) is 36.8 Å². The largest absolute Gasteiger partial charge is 0.368 e. The van der Waals surface area contributed by atoms with Crippen molar-refractivity contribution in [2.45, 2.75) is 19.1 Å². The Hall–Kier alpha value is -2.34. The molecule has 1 aliphatic rings. The number of rotatable bonds is 6. The van der Waals surface area contributed by atoms with Crippen LogP contribution in [-0.4, -0.2) is 51.2 Å². The van der Waals surface area contributed by atoms with E-state index in [2.05, 4.69) is 17.0 Å². The van der Waals surface area contributed by atoms with Crippen LogP contribution in [0, 0.1) is 6.92 Å². The number of aryl methyl sites for hydroxylation is 1. The Morgan fingerprint density at radius 3 is 2.19 bits per heavy atom. The van der Waals surface area contributed by atoms with Crippen LogP contribution in [0.5, 0.6) is 0 Å². The van der Waals surface area contributed by atoms with Crippen LogP contribution in [0.25, 0.3) is 0 Å². The fourth-order valence-corrected chi connectivity index (χ4v) is 4.59.